The van der Waals surface area contributed by atoms with E-state index in [0.29, 0.717) is 18.3 Å². The number of hydrogen-bond donors (Lipinski definition) is 2. The molecule has 0 radical (unpaired) electrons. The molecule has 1 aromatic heterocycles. The number of nitrogens with one attached hydrogen (secondary N) is 2. The third-order valence-corrected chi connectivity index (χ3v) is 5.34. The van der Waals surface area contributed by atoms with Gasteiger partial charge in [0.2, 0.25) is 5.95 Å². The van der Waals surface area contributed by atoms with Gasteiger partial charge in [-0.05, 0) is 27.2 Å². The Morgan fingerprint density at radius 2 is 1.95 bits per heavy atom. The van der Waals surface area contributed by atoms with E-state index < -0.39 is 14.6 Å². The minimum absolute atomic E-state index is 0.302. The minimum atomic E-state index is -3.13. The van der Waals surface area contributed by atoms with Crippen molar-refractivity contribution in [2.45, 2.75) is 38.9 Å². The van der Waals surface area contributed by atoms with Crippen LogP contribution < -0.4 is 10.6 Å². The maximum Gasteiger partial charge on any atom is 0.224 e. The maximum absolute atomic E-state index is 11.7. The molecule has 0 spiro atoms. The Labute approximate surface area is 121 Å². The molecule has 0 atom stereocenters. The zero-order valence-electron chi connectivity index (χ0n) is 12.8. The summed E-state index contributed by atoms with van der Waals surface area (Å²) >= 11 is 0. The third-order valence-electron chi connectivity index (χ3n) is 3.19. The van der Waals surface area contributed by atoms with Crippen LogP contribution in [0.25, 0.3) is 0 Å². The summed E-state index contributed by atoms with van der Waals surface area (Å²) in [4.78, 5) is 8.56. The van der Waals surface area contributed by atoms with Gasteiger partial charge in [-0.2, -0.15) is 4.98 Å². The summed E-state index contributed by atoms with van der Waals surface area (Å²) in [6.07, 6.45) is 3.96. The Hall–Kier alpha value is -1.37. The van der Waals surface area contributed by atoms with Crippen molar-refractivity contribution < 1.29 is 8.42 Å². The molecule has 0 aliphatic carbocycles. The van der Waals surface area contributed by atoms with Crippen LogP contribution in [0.3, 0.4) is 0 Å². The summed E-state index contributed by atoms with van der Waals surface area (Å²) in [6.45, 7) is 8.45. The summed E-state index contributed by atoms with van der Waals surface area (Å²) in [5.74, 6) is 1.22. The zero-order valence-corrected chi connectivity index (χ0v) is 13.6. The standard InChI is InChI=1S/C13H24N4O2S/c1-6-7-14-12-15-8-10(2)11(17-12)16-9-13(3,4)20(5,18)19/h8H,6-7,9H2,1-5H3,(H2,14,15,16,17). The van der Waals surface area contributed by atoms with Crippen molar-refractivity contribution in [1.82, 2.24) is 9.97 Å². The molecule has 0 aliphatic heterocycles. The molecule has 1 heterocycles. The smallest absolute Gasteiger partial charge is 0.224 e. The van der Waals surface area contributed by atoms with Crippen LogP contribution in [0, 0.1) is 6.92 Å². The lowest BCUT2D eigenvalue weighted by atomic mass is 10.2. The van der Waals surface area contributed by atoms with Crippen LogP contribution >= 0.6 is 0 Å². The van der Waals surface area contributed by atoms with Crippen molar-refractivity contribution in [3.05, 3.63) is 11.8 Å². The summed E-state index contributed by atoms with van der Waals surface area (Å²) in [7, 11) is -3.13. The SMILES string of the molecule is CCCNc1ncc(C)c(NCC(C)(C)S(C)(=O)=O)n1. The molecule has 114 valence electrons. The molecule has 2 N–H and O–H groups in total. The number of nitrogens with zero attached hydrogens (tertiary/aromatic N) is 2. The zero-order chi connectivity index (χ0) is 15.4. The Morgan fingerprint density at radius 3 is 2.50 bits per heavy atom. The van der Waals surface area contributed by atoms with E-state index in [-0.39, 0.29) is 0 Å². The van der Waals surface area contributed by atoms with E-state index in [4.69, 9.17) is 0 Å². The molecule has 0 bridgehead atoms. The number of sulfone groups is 1. The van der Waals surface area contributed by atoms with Crippen LogP contribution in [0.15, 0.2) is 6.20 Å². The predicted molar refractivity (Wildman–Crippen MR) is 83.0 cm³/mol. The molecular weight excluding hydrogens is 276 g/mol. The van der Waals surface area contributed by atoms with Gasteiger partial charge in [0, 0.05) is 31.1 Å². The summed E-state index contributed by atoms with van der Waals surface area (Å²) in [6, 6.07) is 0. The summed E-state index contributed by atoms with van der Waals surface area (Å²) < 4.78 is 22.5. The Balaban J connectivity index is 2.82. The monoisotopic (exact) mass is 300 g/mol. The lowest BCUT2D eigenvalue weighted by Gasteiger charge is -2.23. The van der Waals surface area contributed by atoms with Crippen molar-refractivity contribution in [2.24, 2.45) is 0 Å². The van der Waals surface area contributed by atoms with Gasteiger partial charge < -0.3 is 10.6 Å². The molecule has 0 aromatic carbocycles. The van der Waals surface area contributed by atoms with Crippen LogP contribution in [0.5, 0.6) is 0 Å². The van der Waals surface area contributed by atoms with Crippen molar-refractivity contribution in [1.29, 1.82) is 0 Å². The van der Waals surface area contributed by atoms with Gasteiger partial charge >= 0.3 is 0 Å². The second-order valence-electron chi connectivity index (χ2n) is 5.54. The maximum atomic E-state index is 11.7. The Kier molecular flexibility index (Phi) is 5.33. The van der Waals surface area contributed by atoms with E-state index in [2.05, 4.69) is 27.5 Å². The molecule has 0 aliphatic rings. The van der Waals surface area contributed by atoms with Gasteiger partial charge in [0.05, 0.1) is 4.75 Å². The van der Waals surface area contributed by atoms with Gasteiger partial charge in [-0.3, -0.25) is 0 Å². The van der Waals surface area contributed by atoms with Crippen molar-refractivity contribution in [3.63, 3.8) is 0 Å². The molecule has 20 heavy (non-hydrogen) atoms. The lowest BCUT2D eigenvalue weighted by Crippen LogP contribution is -2.38. The van der Waals surface area contributed by atoms with Crippen molar-refractivity contribution >= 4 is 21.6 Å². The molecule has 7 heteroatoms. The van der Waals surface area contributed by atoms with Crippen LogP contribution in [-0.4, -0.2) is 42.5 Å². The van der Waals surface area contributed by atoms with Crippen molar-refractivity contribution in [3.8, 4) is 0 Å². The van der Waals surface area contributed by atoms with E-state index in [9.17, 15) is 8.42 Å². The lowest BCUT2D eigenvalue weighted by molar-refractivity contribution is 0.559. The van der Waals surface area contributed by atoms with E-state index >= 15 is 0 Å². The predicted octanol–water partition coefficient (Wildman–Crippen LogP) is 1.84. The number of aryl methyl sites for hydroxylation is 1. The highest BCUT2D eigenvalue weighted by molar-refractivity contribution is 7.92. The quantitative estimate of drug-likeness (QED) is 0.799. The van der Waals surface area contributed by atoms with Crippen LogP contribution in [0.2, 0.25) is 0 Å². The molecule has 0 unspecified atom stereocenters. The Bertz CT molecular complexity index is 555. The molecule has 0 fully saturated rings. The van der Waals surface area contributed by atoms with E-state index in [1.165, 1.54) is 6.26 Å². The van der Waals surface area contributed by atoms with Crippen molar-refractivity contribution in [2.75, 3.05) is 30.0 Å². The average molecular weight is 300 g/mol. The van der Waals surface area contributed by atoms with Crippen LogP contribution in [-0.2, 0) is 9.84 Å². The highest BCUT2D eigenvalue weighted by atomic mass is 32.2. The topological polar surface area (TPSA) is 84.0 Å². The van der Waals surface area contributed by atoms with Crippen LogP contribution in [0.4, 0.5) is 11.8 Å². The number of hydrogen-bond acceptors (Lipinski definition) is 6. The van der Waals surface area contributed by atoms with Gasteiger partial charge in [0.15, 0.2) is 9.84 Å². The molecular formula is C13H24N4O2S. The van der Waals surface area contributed by atoms with Crippen LogP contribution in [0.1, 0.15) is 32.8 Å². The second-order valence-corrected chi connectivity index (χ2v) is 8.19. The highest BCUT2D eigenvalue weighted by Crippen LogP contribution is 2.18. The molecule has 0 saturated heterocycles. The molecule has 6 nitrogen and oxygen atoms in total. The highest BCUT2D eigenvalue weighted by Gasteiger charge is 2.30. The minimum Gasteiger partial charge on any atom is -0.368 e. The number of rotatable bonds is 7. The van der Waals surface area contributed by atoms with Gasteiger partial charge in [-0.15, -0.1) is 0 Å². The van der Waals surface area contributed by atoms with Gasteiger partial charge in [0.1, 0.15) is 5.82 Å². The van der Waals surface area contributed by atoms with E-state index in [0.717, 1.165) is 18.5 Å². The largest absolute Gasteiger partial charge is 0.368 e. The first kappa shape index (κ1) is 16.7. The van der Waals surface area contributed by atoms with E-state index in [1.807, 2.05) is 6.92 Å². The first-order valence-electron chi connectivity index (χ1n) is 6.68. The van der Waals surface area contributed by atoms with Gasteiger partial charge in [-0.25, -0.2) is 13.4 Å². The van der Waals surface area contributed by atoms with E-state index in [1.54, 1.807) is 20.0 Å². The molecule has 1 rings (SSSR count). The normalized spacial score (nSPS) is 12.2. The number of aromatic nitrogens is 2. The fourth-order valence-corrected chi connectivity index (χ4v) is 1.71. The van der Waals surface area contributed by atoms with Gasteiger partial charge in [0.25, 0.3) is 0 Å². The second kappa shape index (κ2) is 6.39. The summed E-state index contributed by atoms with van der Waals surface area (Å²) in [5.41, 5.74) is 0.886. The molecule has 1 aromatic rings. The molecule has 0 amide bonds. The Morgan fingerprint density at radius 1 is 1.30 bits per heavy atom. The number of anilines is 2. The fraction of sp³-hybridized carbons (Fsp3) is 0.692. The van der Waals surface area contributed by atoms with Gasteiger partial charge in [-0.1, -0.05) is 6.92 Å². The first-order chi connectivity index (χ1) is 9.17. The molecule has 0 saturated carbocycles. The fourth-order valence-electron chi connectivity index (χ4n) is 1.37. The first-order valence-corrected chi connectivity index (χ1v) is 8.57. The average Bonchev–Trinajstić information content (AvgIpc) is 2.35. The summed E-state index contributed by atoms with van der Waals surface area (Å²) in [5, 5.41) is 6.22. The third kappa shape index (κ3) is 4.33.